The van der Waals surface area contributed by atoms with Gasteiger partial charge in [-0.2, -0.15) is 0 Å². The Labute approximate surface area is 161 Å². The second-order valence-electron chi connectivity index (χ2n) is 6.41. The summed E-state index contributed by atoms with van der Waals surface area (Å²) >= 11 is 6.45. The number of carboxylic acid groups (broad SMARTS) is 1. The molecule has 1 aromatic carbocycles. The Bertz CT molecular complexity index is 963. The molecule has 0 saturated heterocycles. The largest absolute Gasteiger partial charge is 0.489 e. The second kappa shape index (κ2) is 7.29. The van der Waals surface area contributed by atoms with E-state index in [0.717, 1.165) is 28.1 Å². The summed E-state index contributed by atoms with van der Waals surface area (Å²) in [5, 5.41) is 13.0. The van der Waals surface area contributed by atoms with Gasteiger partial charge in [-0.05, 0) is 41.8 Å². The van der Waals surface area contributed by atoms with Crippen molar-refractivity contribution in [2.45, 2.75) is 13.0 Å². The summed E-state index contributed by atoms with van der Waals surface area (Å²) in [6.07, 6.45) is 7.40. The first-order chi connectivity index (χ1) is 13.1. The summed E-state index contributed by atoms with van der Waals surface area (Å²) < 4.78 is 5.78. The first-order valence-electron chi connectivity index (χ1n) is 8.54. The summed E-state index contributed by atoms with van der Waals surface area (Å²) in [5.74, 6) is -0.353. The van der Waals surface area contributed by atoms with Crippen molar-refractivity contribution in [1.29, 1.82) is 0 Å². The first kappa shape index (κ1) is 17.4. The van der Waals surface area contributed by atoms with Crippen LogP contribution in [-0.2, 0) is 11.4 Å². The highest BCUT2D eigenvalue weighted by Crippen LogP contribution is 2.41. The van der Waals surface area contributed by atoms with Crippen molar-refractivity contribution in [1.82, 2.24) is 10.3 Å². The van der Waals surface area contributed by atoms with E-state index in [1.54, 1.807) is 18.6 Å². The lowest BCUT2D eigenvalue weighted by Gasteiger charge is -2.22. The molecular weight excluding hydrogens is 364 g/mol. The molecule has 1 unspecified atom stereocenters. The van der Waals surface area contributed by atoms with Gasteiger partial charge in [0.25, 0.3) is 0 Å². The highest BCUT2D eigenvalue weighted by atomic mass is 35.5. The molecule has 1 atom stereocenters. The van der Waals surface area contributed by atoms with Crippen molar-refractivity contribution < 1.29 is 14.6 Å². The SMILES string of the molecule is O=C(O)C1=CNC2=CC(Cl)=C(c3ccc(OCc4cccnc4)cc3)CC21. The number of fused-ring (bicyclic) bond motifs is 1. The lowest BCUT2D eigenvalue weighted by molar-refractivity contribution is -0.133. The third-order valence-electron chi connectivity index (χ3n) is 4.70. The van der Waals surface area contributed by atoms with Gasteiger partial charge in [-0.3, -0.25) is 4.98 Å². The first-order valence-corrected chi connectivity index (χ1v) is 8.92. The summed E-state index contributed by atoms with van der Waals surface area (Å²) in [4.78, 5) is 15.5. The zero-order valence-electron chi connectivity index (χ0n) is 14.4. The van der Waals surface area contributed by atoms with Crippen LogP contribution in [0.1, 0.15) is 17.5 Å². The molecule has 6 heteroatoms. The van der Waals surface area contributed by atoms with E-state index in [2.05, 4.69) is 10.3 Å². The molecule has 2 N–H and O–H groups in total. The molecule has 0 spiro atoms. The Morgan fingerprint density at radius 2 is 2.11 bits per heavy atom. The van der Waals surface area contributed by atoms with Gasteiger partial charge in [-0.25, -0.2) is 4.79 Å². The van der Waals surface area contributed by atoms with Crippen LogP contribution in [0.25, 0.3) is 5.57 Å². The molecule has 0 fully saturated rings. The van der Waals surface area contributed by atoms with Gasteiger partial charge in [-0.15, -0.1) is 0 Å². The lowest BCUT2D eigenvalue weighted by Crippen LogP contribution is -2.16. The van der Waals surface area contributed by atoms with Crippen molar-refractivity contribution in [2.75, 3.05) is 0 Å². The van der Waals surface area contributed by atoms with E-state index in [4.69, 9.17) is 16.3 Å². The summed E-state index contributed by atoms with van der Waals surface area (Å²) in [5.41, 5.74) is 4.08. The molecule has 136 valence electrons. The van der Waals surface area contributed by atoms with Crippen LogP contribution in [0.4, 0.5) is 0 Å². The minimum atomic E-state index is -0.910. The smallest absolute Gasteiger partial charge is 0.333 e. The molecule has 0 saturated carbocycles. The molecule has 2 aliphatic rings. The van der Waals surface area contributed by atoms with Gasteiger partial charge in [0.2, 0.25) is 0 Å². The molecule has 2 aromatic rings. The van der Waals surface area contributed by atoms with Crippen LogP contribution < -0.4 is 10.1 Å². The number of carboxylic acids is 1. The van der Waals surface area contributed by atoms with E-state index >= 15 is 0 Å². The third-order valence-corrected chi connectivity index (χ3v) is 5.04. The Morgan fingerprint density at radius 3 is 2.81 bits per heavy atom. The number of hydrogen-bond acceptors (Lipinski definition) is 4. The van der Waals surface area contributed by atoms with E-state index in [1.807, 2.05) is 42.5 Å². The second-order valence-corrected chi connectivity index (χ2v) is 6.81. The van der Waals surface area contributed by atoms with Crippen LogP contribution in [0.3, 0.4) is 0 Å². The molecule has 0 bridgehead atoms. The average Bonchev–Trinajstić information content (AvgIpc) is 3.10. The number of allylic oxidation sites excluding steroid dienone is 4. The molecule has 2 heterocycles. The maximum atomic E-state index is 11.4. The predicted octanol–water partition coefficient (Wildman–Crippen LogP) is 4.09. The van der Waals surface area contributed by atoms with E-state index in [1.165, 1.54) is 0 Å². The molecule has 0 radical (unpaired) electrons. The molecule has 4 rings (SSSR count). The number of hydrogen-bond donors (Lipinski definition) is 2. The van der Waals surface area contributed by atoms with E-state index < -0.39 is 5.97 Å². The highest BCUT2D eigenvalue weighted by Gasteiger charge is 2.33. The van der Waals surface area contributed by atoms with Crippen LogP contribution in [0, 0.1) is 5.92 Å². The van der Waals surface area contributed by atoms with Gasteiger partial charge in [0.05, 0.1) is 5.57 Å². The number of aromatic nitrogens is 1. The molecule has 0 amide bonds. The van der Waals surface area contributed by atoms with Crippen molar-refractivity contribution in [2.24, 2.45) is 5.92 Å². The standard InChI is InChI=1S/C21H17ClN2O3/c22-19-9-20-17(18(11-24-20)21(25)26)8-16(19)14-3-5-15(6-4-14)27-12-13-2-1-7-23-10-13/h1-7,9-11,17,24H,8,12H2,(H,25,26). The number of nitrogens with one attached hydrogen (secondary N) is 1. The third kappa shape index (κ3) is 3.59. The monoisotopic (exact) mass is 380 g/mol. The van der Waals surface area contributed by atoms with Gasteiger partial charge < -0.3 is 15.2 Å². The zero-order chi connectivity index (χ0) is 18.8. The maximum absolute atomic E-state index is 11.4. The molecule has 1 aromatic heterocycles. The Balaban J connectivity index is 1.49. The number of pyridine rings is 1. The molecule has 1 aliphatic carbocycles. The van der Waals surface area contributed by atoms with Gasteiger partial charge in [0.15, 0.2) is 0 Å². The maximum Gasteiger partial charge on any atom is 0.333 e. The van der Waals surface area contributed by atoms with E-state index in [0.29, 0.717) is 23.6 Å². The van der Waals surface area contributed by atoms with Crippen molar-refractivity contribution in [3.8, 4) is 5.75 Å². The molecule has 5 nitrogen and oxygen atoms in total. The Morgan fingerprint density at radius 1 is 1.30 bits per heavy atom. The minimum absolute atomic E-state index is 0.193. The number of carbonyl (C=O) groups is 1. The number of benzene rings is 1. The molecule has 27 heavy (non-hydrogen) atoms. The Hall–Kier alpha value is -3.05. The Kier molecular flexibility index (Phi) is 4.69. The molecular formula is C21H17ClN2O3. The van der Waals surface area contributed by atoms with Crippen LogP contribution in [0.15, 0.2) is 77.4 Å². The zero-order valence-corrected chi connectivity index (χ0v) is 15.1. The van der Waals surface area contributed by atoms with Gasteiger partial charge in [0.1, 0.15) is 12.4 Å². The fourth-order valence-corrected chi connectivity index (χ4v) is 3.59. The van der Waals surface area contributed by atoms with Gasteiger partial charge in [-0.1, -0.05) is 29.8 Å². The van der Waals surface area contributed by atoms with E-state index in [-0.39, 0.29) is 5.92 Å². The van der Waals surface area contributed by atoms with Crippen LogP contribution in [0.5, 0.6) is 5.75 Å². The number of aliphatic carboxylic acids is 1. The average molecular weight is 381 g/mol. The summed E-state index contributed by atoms with van der Waals surface area (Å²) in [7, 11) is 0. The number of nitrogens with zero attached hydrogens (tertiary/aromatic N) is 1. The van der Waals surface area contributed by atoms with Gasteiger partial charge in [0, 0.05) is 40.8 Å². The normalized spacial score (nSPS) is 18.3. The lowest BCUT2D eigenvalue weighted by atomic mass is 9.85. The predicted molar refractivity (Wildman–Crippen MR) is 103 cm³/mol. The van der Waals surface area contributed by atoms with Crippen molar-refractivity contribution in [3.63, 3.8) is 0 Å². The van der Waals surface area contributed by atoms with E-state index in [9.17, 15) is 9.90 Å². The fraction of sp³-hybridized carbons (Fsp3) is 0.143. The number of halogens is 1. The van der Waals surface area contributed by atoms with Crippen molar-refractivity contribution in [3.05, 3.63) is 88.5 Å². The number of ether oxygens (including phenoxy) is 1. The molecule has 1 aliphatic heterocycles. The number of rotatable bonds is 5. The van der Waals surface area contributed by atoms with Crippen LogP contribution in [0.2, 0.25) is 0 Å². The summed E-state index contributed by atoms with van der Waals surface area (Å²) in [6, 6.07) is 11.5. The fourth-order valence-electron chi connectivity index (χ4n) is 3.29. The summed E-state index contributed by atoms with van der Waals surface area (Å²) in [6.45, 7) is 0.448. The topological polar surface area (TPSA) is 71.5 Å². The van der Waals surface area contributed by atoms with Crippen LogP contribution >= 0.6 is 11.6 Å². The van der Waals surface area contributed by atoms with Gasteiger partial charge >= 0.3 is 5.97 Å². The quantitative estimate of drug-likeness (QED) is 0.817. The minimum Gasteiger partial charge on any atom is -0.489 e. The highest BCUT2D eigenvalue weighted by molar-refractivity contribution is 6.34. The van der Waals surface area contributed by atoms with Crippen LogP contribution in [-0.4, -0.2) is 16.1 Å². The van der Waals surface area contributed by atoms with Crippen molar-refractivity contribution >= 4 is 23.1 Å².